The van der Waals surface area contributed by atoms with E-state index in [0.717, 1.165) is 24.0 Å². The molecule has 6 heteroatoms. The maximum absolute atomic E-state index is 15.3. The summed E-state index contributed by atoms with van der Waals surface area (Å²) in [6.07, 6.45) is 1.97. The Morgan fingerprint density at radius 1 is 0.639 bits per heavy atom. The molecule has 0 aliphatic carbocycles. The molecule has 4 aromatic carbocycles. The number of halogens is 6. The van der Waals surface area contributed by atoms with E-state index in [1.807, 2.05) is 18.2 Å². The molecule has 0 atom stereocenters. The molecule has 0 aliphatic heterocycles. The van der Waals surface area contributed by atoms with Crippen molar-refractivity contribution in [1.29, 1.82) is 0 Å². The van der Waals surface area contributed by atoms with Crippen LogP contribution in [0.1, 0.15) is 50.2 Å². The van der Waals surface area contributed by atoms with Crippen LogP contribution in [-0.4, -0.2) is 0 Å². The van der Waals surface area contributed by atoms with Crippen molar-refractivity contribution >= 4 is 10.8 Å². The number of aryl methyl sites for hydroxylation is 1. The number of unbranched alkanes of at least 4 members (excludes halogenated alkanes) is 4. The maximum atomic E-state index is 15.3. The van der Waals surface area contributed by atoms with E-state index in [0.29, 0.717) is 17.5 Å². The van der Waals surface area contributed by atoms with Crippen LogP contribution in [0.15, 0.2) is 66.7 Å². The Labute approximate surface area is 206 Å². The highest BCUT2D eigenvalue weighted by molar-refractivity contribution is 5.91. The molecule has 0 spiro atoms. The van der Waals surface area contributed by atoms with E-state index in [9.17, 15) is 22.0 Å². The average molecular weight is 501 g/mol. The van der Waals surface area contributed by atoms with E-state index < -0.39 is 29.2 Å². The van der Waals surface area contributed by atoms with Gasteiger partial charge in [0.05, 0.1) is 0 Å². The Morgan fingerprint density at radius 3 is 1.92 bits per heavy atom. The van der Waals surface area contributed by atoms with Crippen LogP contribution >= 0.6 is 0 Å². The third kappa shape index (κ3) is 5.58. The first kappa shape index (κ1) is 25.8. The molecule has 0 bridgehead atoms. The minimum Gasteiger partial charge on any atom is -0.206 e. The molecule has 0 radical (unpaired) electrons. The van der Waals surface area contributed by atoms with Gasteiger partial charge in [0, 0.05) is 10.9 Å². The van der Waals surface area contributed by atoms with Gasteiger partial charge in [-0.2, -0.15) is 13.2 Å². The predicted molar refractivity (Wildman–Crippen MR) is 132 cm³/mol. The minimum absolute atomic E-state index is 0.176. The Kier molecular flexibility index (Phi) is 7.72. The van der Waals surface area contributed by atoms with Crippen LogP contribution in [0, 0.1) is 17.5 Å². The monoisotopic (exact) mass is 500 g/mol. The number of rotatable bonds is 8. The lowest BCUT2D eigenvalue weighted by Gasteiger charge is -2.13. The van der Waals surface area contributed by atoms with Gasteiger partial charge in [-0.25, -0.2) is 13.2 Å². The summed E-state index contributed by atoms with van der Waals surface area (Å²) in [6, 6.07) is 17.3. The molecular formula is C30H26F6. The fourth-order valence-electron chi connectivity index (χ4n) is 4.49. The quantitative estimate of drug-likeness (QED) is 0.167. The van der Waals surface area contributed by atoms with Crippen molar-refractivity contribution in [3.63, 3.8) is 0 Å². The van der Waals surface area contributed by atoms with Gasteiger partial charge in [0.25, 0.3) is 0 Å². The molecule has 0 saturated heterocycles. The molecular weight excluding hydrogens is 474 g/mol. The fraction of sp³-hybridized carbons (Fsp3) is 0.267. The zero-order valence-electron chi connectivity index (χ0n) is 19.9. The van der Waals surface area contributed by atoms with Gasteiger partial charge in [-0.05, 0) is 58.7 Å². The zero-order valence-corrected chi connectivity index (χ0v) is 19.9. The highest BCUT2D eigenvalue weighted by atomic mass is 19.4. The van der Waals surface area contributed by atoms with E-state index >= 15 is 4.39 Å². The van der Waals surface area contributed by atoms with Gasteiger partial charge in [-0.15, -0.1) is 0 Å². The second-order valence-corrected chi connectivity index (χ2v) is 9.04. The van der Waals surface area contributed by atoms with Crippen molar-refractivity contribution in [1.82, 2.24) is 0 Å². The molecule has 0 heterocycles. The summed E-state index contributed by atoms with van der Waals surface area (Å²) in [6.45, 7) is 2.19. The Bertz CT molecular complexity index is 1330. The van der Waals surface area contributed by atoms with Gasteiger partial charge in [-0.3, -0.25) is 0 Å². The number of benzene rings is 4. The van der Waals surface area contributed by atoms with Gasteiger partial charge in [0.2, 0.25) is 0 Å². The summed E-state index contributed by atoms with van der Waals surface area (Å²) in [5, 5.41) is 0.780. The summed E-state index contributed by atoms with van der Waals surface area (Å²) in [5.74, 6) is -4.32. The van der Waals surface area contributed by atoms with E-state index in [-0.39, 0.29) is 16.5 Å². The third-order valence-corrected chi connectivity index (χ3v) is 6.45. The van der Waals surface area contributed by atoms with Crippen LogP contribution in [0.2, 0.25) is 0 Å². The van der Waals surface area contributed by atoms with Crippen LogP contribution in [-0.2, 0) is 12.6 Å². The van der Waals surface area contributed by atoms with Crippen LogP contribution in [0.5, 0.6) is 0 Å². The molecule has 0 N–H and O–H groups in total. The predicted octanol–water partition coefficient (Wildman–Crippen LogP) is 10.1. The number of hydrogen-bond donors (Lipinski definition) is 0. The zero-order chi connectivity index (χ0) is 25.9. The first-order chi connectivity index (χ1) is 17.2. The molecule has 4 rings (SSSR count). The minimum atomic E-state index is -5.18. The first-order valence-electron chi connectivity index (χ1n) is 12.1. The second kappa shape index (κ2) is 10.8. The molecule has 0 aliphatic rings. The van der Waals surface area contributed by atoms with Gasteiger partial charge in [-0.1, -0.05) is 81.1 Å². The summed E-state index contributed by atoms with van der Waals surface area (Å²) in [5.41, 5.74) is 0.665. The van der Waals surface area contributed by atoms with Crippen molar-refractivity contribution in [3.8, 4) is 22.3 Å². The Hall–Kier alpha value is -3.28. The molecule has 0 amide bonds. The lowest BCUT2D eigenvalue weighted by atomic mass is 9.95. The molecule has 0 saturated carbocycles. The Morgan fingerprint density at radius 2 is 1.28 bits per heavy atom. The van der Waals surface area contributed by atoms with E-state index in [1.165, 1.54) is 37.3 Å². The van der Waals surface area contributed by atoms with Gasteiger partial charge in [0.1, 0.15) is 23.0 Å². The number of hydrogen-bond acceptors (Lipinski definition) is 0. The summed E-state index contributed by atoms with van der Waals surface area (Å²) >= 11 is 0. The molecule has 0 fully saturated rings. The first-order valence-corrected chi connectivity index (χ1v) is 12.1. The van der Waals surface area contributed by atoms with Gasteiger partial charge < -0.3 is 0 Å². The third-order valence-electron chi connectivity index (χ3n) is 6.45. The number of fused-ring (bicyclic) bond motifs is 1. The fourth-order valence-corrected chi connectivity index (χ4v) is 4.49. The van der Waals surface area contributed by atoms with Crippen molar-refractivity contribution in [2.75, 3.05) is 0 Å². The van der Waals surface area contributed by atoms with E-state index in [2.05, 4.69) is 19.1 Å². The molecule has 4 aromatic rings. The Balaban J connectivity index is 1.58. The average Bonchev–Trinajstić information content (AvgIpc) is 2.83. The van der Waals surface area contributed by atoms with E-state index in [1.54, 1.807) is 18.2 Å². The topological polar surface area (TPSA) is 0 Å². The number of alkyl halides is 3. The van der Waals surface area contributed by atoms with Gasteiger partial charge >= 0.3 is 6.18 Å². The largest absolute Gasteiger partial charge is 0.422 e. The summed E-state index contributed by atoms with van der Waals surface area (Å²) in [7, 11) is 0. The molecule has 188 valence electrons. The molecule has 36 heavy (non-hydrogen) atoms. The maximum Gasteiger partial charge on any atom is 0.422 e. The van der Waals surface area contributed by atoms with Crippen LogP contribution in [0.3, 0.4) is 0 Å². The van der Waals surface area contributed by atoms with Gasteiger partial charge in [0.15, 0.2) is 0 Å². The summed E-state index contributed by atoms with van der Waals surface area (Å²) < 4.78 is 82.0. The van der Waals surface area contributed by atoms with E-state index in [4.69, 9.17) is 0 Å². The second-order valence-electron chi connectivity index (χ2n) is 9.04. The van der Waals surface area contributed by atoms with Crippen molar-refractivity contribution in [3.05, 3.63) is 95.3 Å². The van der Waals surface area contributed by atoms with Crippen molar-refractivity contribution in [2.45, 2.75) is 51.6 Å². The lowest BCUT2D eigenvalue weighted by Crippen LogP contribution is -2.11. The van der Waals surface area contributed by atoms with Crippen molar-refractivity contribution < 1.29 is 26.3 Å². The molecule has 0 aromatic heterocycles. The summed E-state index contributed by atoms with van der Waals surface area (Å²) in [4.78, 5) is 0. The standard InChI is InChI=1S/C30H26F6/c1-2-3-4-5-6-7-19-8-10-20(11-9-19)21-12-14-24-22(16-21)13-15-25(29(24)33)23-17-26(31)28(27(32)18-23)30(34,35)36/h8-18H,2-7H2,1H3. The lowest BCUT2D eigenvalue weighted by molar-refractivity contribution is -0.142. The van der Waals surface area contributed by atoms with Crippen LogP contribution in [0.4, 0.5) is 26.3 Å². The highest BCUT2D eigenvalue weighted by Gasteiger charge is 2.38. The molecule has 0 nitrogen and oxygen atoms in total. The molecule has 0 unspecified atom stereocenters. The smallest absolute Gasteiger partial charge is 0.206 e. The van der Waals surface area contributed by atoms with Crippen LogP contribution < -0.4 is 0 Å². The SMILES string of the molecule is CCCCCCCc1ccc(-c2ccc3c(F)c(-c4cc(F)c(C(F)(F)F)c(F)c4)ccc3c2)cc1. The van der Waals surface area contributed by atoms with Crippen molar-refractivity contribution in [2.24, 2.45) is 0 Å². The highest BCUT2D eigenvalue weighted by Crippen LogP contribution is 2.38. The normalized spacial score (nSPS) is 11.9. The van der Waals surface area contributed by atoms with Crippen LogP contribution in [0.25, 0.3) is 33.0 Å².